The summed E-state index contributed by atoms with van der Waals surface area (Å²) in [5.41, 5.74) is 1.67. The van der Waals surface area contributed by atoms with Crippen LogP contribution in [0.3, 0.4) is 0 Å². The predicted molar refractivity (Wildman–Crippen MR) is 141 cm³/mol. The van der Waals surface area contributed by atoms with E-state index in [2.05, 4.69) is 0 Å². The summed E-state index contributed by atoms with van der Waals surface area (Å²) in [6.45, 7) is 0. The van der Waals surface area contributed by atoms with Gasteiger partial charge >= 0.3 is 0 Å². The highest BCUT2D eigenvalue weighted by atomic mass is 16.5. The molecule has 2 aliphatic heterocycles. The number of ether oxygens (including phenoxy) is 3. The fourth-order valence-electron chi connectivity index (χ4n) is 4.67. The smallest absolute Gasteiger partial charge is 0.266 e. The zero-order valence-electron chi connectivity index (χ0n) is 20.8. The number of benzene rings is 4. The fourth-order valence-corrected chi connectivity index (χ4v) is 4.67. The maximum absolute atomic E-state index is 13.2. The summed E-state index contributed by atoms with van der Waals surface area (Å²) >= 11 is 0. The summed E-state index contributed by atoms with van der Waals surface area (Å²) in [6.07, 6.45) is 0. The van der Waals surface area contributed by atoms with Crippen LogP contribution in [0, 0.1) is 0 Å². The number of carbonyl (C=O) groups excluding carboxylic acids is 4. The summed E-state index contributed by atoms with van der Waals surface area (Å²) in [5.74, 6) is -0.254. The van der Waals surface area contributed by atoms with Crippen LogP contribution in [-0.2, 0) is 0 Å². The van der Waals surface area contributed by atoms with Crippen molar-refractivity contribution in [1.29, 1.82) is 0 Å². The Morgan fingerprint density at radius 2 is 0.872 bits per heavy atom. The van der Waals surface area contributed by atoms with Gasteiger partial charge in [-0.25, -0.2) is 9.80 Å². The van der Waals surface area contributed by atoms with Gasteiger partial charge in [-0.05, 0) is 60.7 Å². The van der Waals surface area contributed by atoms with Crippen molar-refractivity contribution in [2.24, 2.45) is 0 Å². The van der Waals surface area contributed by atoms with Crippen LogP contribution in [0.1, 0.15) is 41.4 Å². The first-order valence-electron chi connectivity index (χ1n) is 11.9. The third kappa shape index (κ3) is 3.88. The number of rotatable bonds is 6. The van der Waals surface area contributed by atoms with Crippen molar-refractivity contribution >= 4 is 35.0 Å². The molecule has 192 valence electrons. The molecular formula is C30H20N2O7. The van der Waals surface area contributed by atoms with Gasteiger partial charge in [0.15, 0.2) is 0 Å². The van der Waals surface area contributed by atoms with Crippen molar-refractivity contribution in [3.8, 4) is 23.0 Å². The maximum Gasteiger partial charge on any atom is 0.266 e. The summed E-state index contributed by atoms with van der Waals surface area (Å²) in [4.78, 5) is 54.5. The van der Waals surface area contributed by atoms with E-state index >= 15 is 0 Å². The van der Waals surface area contributed by atoms with Crippen molar-refractivity contribution in [1.82, 2.24) is 0 Å². The van der Waals surface area contributed by atoms with Crippen molar-refractivity contribution in [2.45, 2.75) is 0 Å². The van der Waals surface area contributed by atoms with E-state index in [1.165, 1.54) is 38.5 Å². The van der Waals surface area contributed by atoms with Gasteiger partial charge in [0.05, 0.1) is 47.8 Å². The molecule has 6 rings (SSSR count). The number of anilines is 2. The molecule has 0 bridgehead atoms. The number of nitrogens with zero attached hydrogens (tertiary/aromatic N) is 2. The molecule has 0 saturated carbocycles. The molecule has 0 N–H and O–H groups in total. The molecule has 4 aromatic carbocycles. The molecule has 0 unspecified atom stereocenters. The molecule has 4 amide bonds. The molecule has 0 fully saturated rings. The third-order valence-corrected chi connectivity index (χ3v) is 6.57. The Morgan fingerprint density at radius 1 is 0.462 bits per heavy atom. The number of amides is 4. The Hall–Kier alpha value is -5.44. The highest BCUT2D eigenvalue weighted by Gasteiger charge is 2.38. The summed E-state index contributed by atoms with van der Waals surface area (Å²) < 4.78 is 16.4. The van der Waals surface area contributed by atoms with E-state index in [1.807, 2.05) is 0 Å². The predicted octanol–water partition coefficient (Wildman–Crippen LogP) is 5.10. The molecule has 2 heterocycles. The second kappa shape index (κ2) is 9.14. The van der Waals surface area contributed by atoms with Crippen LogP contribution in [0.15, 0.2) is 84.9 Å². The van der Waals surface area contributed by atoms with E-state index in [-0.39, 0.29) is 22.3 Å². The molecular weight excluding hydrogens is 500 g/mol. The van der Waals surface area contributed by atoms with Gasteiger partial charge in [0, 0.05) is 12.1 Å². The molecule has 9 heteroatoms. The monoisotopic (exact) mass is 520 g/mol. The SMILES string of the molecule is COc1cccc(N2C(=O)c3ccc(Oc4ccc5c(c4)C(=O)N(c4cccc(OC)c4)C5=O)cc3C2=O)c1. The number of carbonyl (C=O) groups is 4. The minimum atomic E-state index is -0.489. The van der Waals surface area contributed by atoms with Gasteiger partial charge in [-0.2, -0.15) is 0 Å². The number of methoxy groups -OCH3 is 2. The molecule has 0 spiro atoms. The Morgan fingerprint density at radius 3 is 1.28 bits per heavy atom. The summed E-state index contributed by atoms with van der Waals surface area (Å²) in [7, 11) is 3.01. The number of imide groups is 2. The Labute approximate surface area is 222 Å². The topological polar surface area (TPSA) is 102 Å². The van der Waals surface area contributed by atoms with Crippen LogP contribution in [-0.4, -0.2) is 37.8 Å². The second-order valence-electron chi connectivity index (χ2n) is 8.81. The van der Waals surface area contributed by atoms with E-state index in [1.54, 1.807) is 60.7 Å². The highest BCUT2D eigenvalue weighted by Crippen LogP contribution is 2.36. The normalized spacial score (nSPS) is 14.0. The molecule has 0 saturated heterocycles. The van der Waals surface area contributed by atoms with Crippen LogP contribution in [0.2, 0.25) is 0 Å². The number of hydrogen-bond donors (Lipinski definition) is 0. The van der Waals surface area contributed by atoms with Crippen LogP contribution in [0.4, 0.5) is 11.4 Å². The standard InChI is InChI=1S/C30H20N2O7/c1-37-19-7-3-5-17(13-19)31-27(33)23-11-9-21(15-25(23)29(31)35)39-22-10-12-24-26(16-22)30(36)32(28(24)34)18-6-4-8-20(14-18)38-2/h3-16H,1-2H3. The zero-order valence-corrected chi connectivity index (χ0v) is 20.8. The molecule has 0 aliphatic carbocycles. The van der Waals surface area contributed by atoms with Crippen LogP contribution in [0.25, 0.3) is 0 Å². The second-order valence-corrected chi connectivity index (χ2v) is 8.81. The molecule has 2 aliphatic rings. The quantitative estimate of drug-likeness (QED) is 0.326. The van der Waals surface area contributed by atoms with Crippen LogP contribution in [0.5, 0.6) is 23.0 Å². The first kappa shape index (κ1) is 23.9. The average Bonchev–Trinajstić information content (AvgIpc) is 3.36. The van der Waals surface area contributed by atoms with Gasteiger partial charge in [-0.1, -0.05) is 12.1 Å². The van der Waals surface area contributed by atoms with Crippen molar-refractivity contribution < 1.29 is 33.4 Å². The lowest BCUT2D eigenvalue weighted by Crippen LogP contribution is -2.29. The fraction of sp³-hybridized carbons (Fsp3) is 0.0667. The van der Waals surface area contributed by atoms with Gasteiger partial charge < -0.3 is 14.2 Å². The molecule has 0 atom stereocenters. The third-order valence-electron chi connectivity index (χ3n) is 6.57. The Bertz CT molecular complexity index is 1590. The molecule has 4 aromatic rings. The molecule has 9 nitrogen and oxygen atoms in total. The lowest BCUT2D eigenvalue weighted by atomic mass is 10.1. The van der Waals surface area contributed by atoms with Gasteiger partial charge in [0.25, 0.3) is 23.6 Å². The largest absolute Gasteiger partial charge is 0.497 e. The Kier molecular flexibility index (Phi) is 5.61. The van der Waals surface area contributed by atoms with E-state index in [4.69, 9.17) is 14.2 Å². The minimum Gasteiger partial charge on any atom is -0.497 e. The van der Waals surface area contributed by atoms with Crippen molar-refractivity contribution in [2.75, 3.05) is 24.0 Å². The number of hydrogen-bond acceptors (Lipinski definition) is 7. The van der Waals surface area contributed by atoms with Gasteiger partial charge in [-0.15, -0.1) is 0 Å². The lowest BCUT2D eigenvalue weighted by molar-refractivity contribution is 0.0910. The first-order chi connectivity index (χ1) is 18.9. The number of fused-ring (bicyclic) bond motifs is 2. The molecule has 0 aromatic heterocycles. The first-order valence-corrected chi connectivity index (χ1v) is 11.9. The average molecular weight is 520 g/mol. The van der Waals surface area contributed by atoms with Crippen LogP contribution < -0.4 is 24.0 Å². The van der Waals surface area contributed by atoms with E-state index in [9.17, 15) is 19.2 Å². The highest BCUT2D eigenvalue weighted by molar-refractivity contribution is 6.35. The zero-order chi connectivity index (χ0) is 27.3. The summed E-state index contributed by atoms with van der Waals surface area (Å²) in [6, 6.07) is 22.5. The van der Waals surface area contributed by atoms with E-state index in [0.717, 1.165) is 9.80 Å². The summed E-state index contributed by atoms with van der Waals surface area (Å²) in [5, 5.41) is 0. The lowest BCUT2D eigenvalue weighted by Gasteiger charge is -2.14. The molecule has 0 radical (unpaired) electrons. The molecule has 39 heavy (non-hydrogen) atoms. The van der Waals surface area contributed by atoms with Gasteiger partial charge in [0.1, 0.15) is 23.0 Å². The van der Waals surface area contributed by atoms with Gasteiger partial charge in [0.2, 0.25) is 0 Å². The van der Waals surface area contributed by atoms with Crippen molar-refractivity contribution in [3.63, 3.8) is 0 Å². The van der Waals surface area contributed by atoms with E-state index < -0.39 is 23.6 Å². The maximum atomic E-state index is 13.2. The Balaban J connectivity index is 1.27. The van der Waals surface area contributed by atoms with Crippen molar-refractivity contribution in [3.05, 3.63) is 107 Å². The van der Waals surface area contributed by atoms with Crippen LogP contribution >= 0.6 is 0 Å². The van der Waals surface area contributed by atoms with E-state index in [0.29, 0.717) is 34.4 Å². The van der Waals surface area contributed by atoms with Gasteiger partial charge in [-0.3, -0.25) is 19.2 Å². The minimum absolute atomic E-state index is 0.192.